The largest absolute Gasteiger partial charge is 0.391 e. The summed E-state index contributed by atoms with van der Waals surface area (Å²) in [4.78, 5) is 2.22. The quantitative estimate of drug-likeness (QED) is 0.938. The van der Waals surface area contributed by atoms with Crippen LogP contribution in [0, 0.1) is 0 Å². The molecular weight excluding hydrogens is 262 g/mol. The Kier molecular flexibility index (Phi) is 3.76. The second-order valence-electron chi connectivity index (χ2n) is 6.51. The number of fused-ring (bicyclic) bond motifs is 1. The second-order valence-corrected chi connectivity index (χ2v) is 6.51. The predicted molar refractivity (Wildman–Crippen MR) is 85.3 cm³/mol. The smallest absolute Gasteiger partial charge is 0.0779 e. The maximum Gasteiger partial charge on any atom is 0.0779 e. The molecule has 21 heavy (non-hydrogen) atoms. The number of benzene rings is 1. The molecule has 4 nitrogen and oxygen atoms in total. The van der Waals surface area contributed by atoms with E-state index in [2.05, 4.69) is 36.2 Å². The minimum absolute atomic E-state index is 0.0847. The van der Waals surface area contributed by atoms with E-state index in [1.54, 1.807) is 0 Å². The molecule has 1 aromatic heterocycles. The van der Waals surface area contributed by atoms with Crippen LogP contribution >= 0.6 is 0 Å². The summed E-state index contributed by atoms with van der Waals surface area (Å²) in [6.45, 7) is 0. The van der Waals surface area contributed by atoms with Crippen molar-refractivity contribution in [2.24, 2.45) is 7.05 Å². The van der Waals surface area contributed by atoms with E-state index in [0.29, 0.717) is 6.42 Å². The zero-order valence-electron chi connectivity index (χ0n) is 13.2. The molecule has 1 N–H and O–H groups in total. The fourth-order valence-corrected chi connectivity index (χ4v) is 3.88. The van der Waals surface area contributed by atoms with Crippen molar-refractivity contribution in [2.45, 2.75) is 43.7 Å². The molecule has 0 amide bonds. The fraction of sp³-hybridized carbons (Fsp3) is 0.588. The SMILES string of the molecule is CN(C)C1(C(O)Cc2nn(C)c3ccccc23)CCCC1. The Morgan fingerprint density at radius 2 is 1.95 bits per heavy atom. The van der Waals surface area contributed by atoms with E-state index in [-0.39, 0.29) is 11.6 Å². The molecule has 1 aromatic carbocycles. The van der Waals surface area contributed by atoms with Crippen LogP contribution in [-0.2, 0) is 13.5 Å². The summed E-state index contributed by atoms with van der Waals surface area (Å²) >= 11 is 0. The topological polar surface area (TPSA) is 41.3 Å². The van der Waals surface area contributed by atoms with Crippen molar-refractivity contribution in [1.82, 2.24) is 14.7 Å². The third-order valence-electron chi connectivity index (χ3n) is 5.20. The highest BCUT2D eigenvalue weighted by Crippen LogP contribution is 2.38. The first kappa shape index (κ1) is 14.5. The highest BCUT2D eigenvalue weighted by molar-refractivity contribution is 5.81. The van der Waals surface area contributed by atoms with Gasteiger partial charge in [0.15, 0.2) is 0 Å². The van der Waals surface area contributed by atoms with Crippen LogP contribution in [0.15, 0.2) is 24.3 Å². The Bertz CT molecular complexity index is 626. The van der Waals surface area contributed by atoms with Crippen molar-refractivity contribution < 1.29 is 5.11 Å². The van der Waals surface area contributed by atoms with Crippen LogP contribution in [0.2, 0.25) is 0 Å². The molecule has 2 aromatic rings. The van der Waals surface area contributed by atoms with Crippen molar-refractivity contribution in [3.8, 4) is 0 Å². The molecule has 1 heterocycles. The van der Waals surface area contributed by atoms with Crippen LogP contribution in [0.1, 0.15) is 31.4 Å². The van der Waals surface area contributed by atoms with Crippen molar-refractivity contribution in [3.05, 3.63) is 30.0 Å². The number of rotatable bonds is 4. The van der Waals surface area contributed by atoms with Gasteiger partial charge in [0.2, 0.25) is 0 Å². The molecule has 1 saturated carbocycles. The minimum Gasteiger partial charge on any atom is -0.391 e. The lowest BCUT2D eigenvalue weighted by Gasteiger charge is -2.40. The third-order valence-corrected chi connectivity index (χ3v) is 5.20. The molecular formula is C17H25N3O. The van der Waals surface area contributed by atoms with Gasteiger partial charge < -0.3 is 10.0 Å². The molecule has 1 unspecified atom stereocenters. The third kappa shape index (κ3) is 2.36. The summed E-state index contributed by atoms with van der Waals surface area (Å²) in [5.74, 6) is 0. The summed E-state index contributed by atoms with van der Waals surface area (Å²) in [6.07, 6.45) is 4.82. The highest BCUT2D eigenvalue weighted by Gasteiger charge is 2.42. The van der Waals surface area contributed by atoms with Gasteiger partial charge in [-0.25, -0.2) is 0 Å². The summed E-state index contributed by atoms with van der Waals surface area (Å²) < 4.78 is 1.91. The Labute approximate surface area is 126 Å². The van der Waals surface area contributed by atoms with Gasteiger partial charge in [-0.15, -0.1) is 0 Å². The zero-order valence-corrected chi connectivity index (χ0v) is 13.2. The van der Waals surface area contributed by atoms with Gasteiger partial charge in [-0.1, -0.05) is 31.0 Å². The Hall–Kier alpha value is -1.39. The zero-order chi connectivity index (χ0) is 15.0. The lowest BCUT2D eigenvalue weighted by Crippen LogP contribution is -2.52. The van der Waals surface area contributed by atoms with Gasteiger partial charge in [-0.3, -0.25) is 4.68 Å². The minimum atomic E-state index is -0.367. The molecule has 4 heteroatoms. The normalized spacial score (nSPS) is 19.5. The van der Waals surface area contributed by atoms with E-state index in [4.69, 9.17) is 0 Å². The van der Waals surface area contributed by atoms with Crippen LogP contribution in [0.25, 0.3) is 10.9 Å². The van der Waals surface area contributed by atoms with Gasteiger partial charge in [-0.05, 0) is 33.0 Å². The van der Waals surface area contributed by atoms with Crippen LogP contribution in [-0.4, -0.2) is 45.5 Å². The van der Waals surface area contributed by atoms with Crippen molar-refractivity contribution >= 4 is 10.9 Å². The van der Waals surface area contributed by atoms with Gasteiger partial charge >= 0.3 is 0 Å². The molecule has 0 bridgehead atoms. The standard InChI is InChI=1S/C17H25N3O/c1-19(2)17(10-6-7-11-17)16(21)12-14-13-8-4-5-9-15(13)20(3)18-14/h4-5,8-9,16,21H,6-7,10-12H2,1-3H3. The number of likely N-dealkylation sites (N-methyl/N-ethyl adjacent to an activating group) is 1. The number of hydrogen-bond donors (Lipinski definition) is 1. The van der Waals surface area contributed by atoms with Gasteiger partial charge in [0, 0.05) is 24.4 Å². The van der Waals surface area contributed by atoms with E-state index in [1.165, 1.54) is 12.8 Å². The summed E-state index contributed by atoms with van der Waals surface area (Å²) in [5, 5.41) is 16.7. The number of para-hydroxylation sites is 1. The van der Waals surface area contributed by atoms with Crippen molar-refractivity contribution in [2.75, 3.05) is 14.1 Å². The van der Waals surface area contributed by atoms with Gasteiger partial charge in [-0.2, -0.15) is 5.10 Å². The van der Waals surface area contributed by atoms with Crippen LogP contribution < -0.4 is 0 Å². The van der Waals surface area contributed by atoms with Crippen LogP contribution in [0.4, 0.5) is 0 Å². The number of aryl methyl sites for hydroxylation is 1. The van der Waals surface area contributed by atoms with E-state index >= 15 is 0 Å². The van der Waals surface area contributed by atoms with Gasteiger partial charge in [0.1, 0.15) is 0 Å². The second kappa shape index (κ2) is 5.43. The lowest BCUT2D eigenvalue weighted by molar-refractivity contribution is -0.00291. The Morgan fingerprint density at radius 1 is 1.29 bits per heavy atom. The lowest BCUT2D eigenvalue weighted by atomic mass is 9.86. The maximum atomic E-state index is 10.9. The number of hydrogen-bond acceptors (Lipinski definition) is 3. The molecule has 1 aliphatic rings. The van der Waals surface area contributed by atoms with E-state index < -0.39 is 0 Å². The van der Waals surface area contributed by atoms with Crippen molar-refractivity contribution in [3.63, 3.8) is 0 Å². The summed E-state index contributed by atoms with van der Waals surface area (Å²) in [6, 6.07) is 8.25. The Morgan fingerprint density at radius 3 is 2.62 bits per heavy atom. The van der Waals surface area contributed by atoms with Crippen LogP contribution in [0.3, 0.4) is 0 Å². The molecule has 3 rings (SSSR count). The van der Waals surface area contributed by atoms with E-state index in [9.17, 15) is 5.11 Å². The molecule has 1 atom stereocenters. The molecule has 1 aliphatic carbocycles. The number of nitrogens with zero attached hydrogens (tertiary/aromatic N) is 3. The average molecular weight is 287 g/mol. The Balaban J connectivity index is 1.91. The van der Waals surface area contributed by atoms with E-state index in [1.807, 2.05) is 23.9 Å². The van der Waals surface area contributed by atoms with Crippen LogP contribution in [0.5, 0.6) is 0 Å². The molecule has 114 valence electrons. The number of aliphatic hydroxyl groups is 1. The average Bonchev–Trinajstić information content (AvgIpc) is 3.07. The molecule has 0 radical (unpaired) electrons. The molecule has 0 saturated heterocycles. The van der Waals surface area contributed by atoms with Gasteiger partial charge in [0.25, 0.3) is 0 Å². The first-order chi connectivity index (χ1) is 10.0. The number of aromatic nitrogens is 2. The summed E-state index contributed by atoms with van der Waals surface area (Å²) in [5.41, 5.74) is 2.05. The highest BCUT2D eigenvalue weighted by atomic mass is 16.3. The molecule has 0 spiro atoms. The maximum absolute atomic E-state index is 10.9. The monoisotopic (exact) mass is 287 g/mol. The van der Waals surface area contributed by atoms with Gasteiger partial charge in [0.05, 0.1) is 17.3 Å². The summed E-state index contributed by atoms with van der Waals surface area (Å²) in [7, 11) is 6.14. The van der Waals surface area contributed by atoms with E-state index in [0.717, 1.165) is 29.4 Å². The first-order valence-electron chi connectivity index (χ1n) is 7.81. The molecule has 1 fully saturated rings. The molecule has 0 aliphatic heterocycles. The number of aliphatic hydroxyl groups excluding tert-OH is 1. The fourth-order valence-electron chi connectivity index (χ4n) is 3.88. The van der Waals surface area contributed by atoms with Crippen molar-refractivity contribution in [1.29, 1.82) is 0 Å². The predicted octanol–water partition coefficient (Wildman–Crippen LogP) is 2.35. The first-order valence-corrected chi connectivity index (χ1v) is 7.81.